The first-order valence-corrected chi connectivity index (χ1v) is 12.8. The second-order valence-electron chi connectivity index (χ2n) is 10.4. The average molecular weight is 441 g/mol. The van der Waals surface area contributed by atoms with Crippen LogP contribution < -0.4 is 0 Å². The summed E-state index contributed by atoms with van der Waals surface area (Å²) in [5.41, 5.74) is 11.3. The first kappa shape index (κ1) is 21.0. The Hall–Kier alpha value is -2.56. The molecule has 0 saturated carbocycles. The minimum absolute atomic E-state index is 1.10. The minimum atomic E-state index is 1.10. The van der Waals surface area contributed by atoms with Crippen molar-refractivity contribution in [1.82, 2.24) is 19.8 Å². The van der Waals surface area contributed by atoms with Gasteiger partial charge in [-0.2, -0.15) is 0 Å². The van der Waals surface area contributed by atoms with Gasteiger partial charge in [0, 0.05) is 72.2 Å². The summed E-state index contributed by atoms with van der Waals surface area (Å²) in [5, 5.41) is 2.87. The molecular formula is C29H36N4. The Morgan fingerprint density at radius 1 is 0.667 bits per heavy atom. The summed E-state index contributed by atoms with van der Waals surface area (Å²) in [6.45, 7) is 11.4. The molecule has 2 aliphatic rings. The maximum absolute atomic E-state index is 3.66. The van der Waals surface area contributed by atoms with Crippen molar-refractivity contribution in [3.63, 3.8) is 0 Å². The normalized spacial score (nSPS) is 17.0. The highest BCUT2D eigenvalue weighted by Gasteiger charge is 2.22. The summed E-state index contributed by atoms with van der Waals surface area (Å²) >= 11 is 0. The average Bonchev–Trinajstić information content (AvgIpc) is 3.36. The predicted molar refractivity (Wildman–Crippen MR) is 138 cm³/mol. The number of H-pyrrole nitrogens is 2. The number of hydrogen-bond donors (Lipinski definition) is 2. The van der Waals surface area contributed by atoms with Gasteiger partial charge < -0.3 is 9.97 Å². The highest BCUT2D eigenvalue weighted by atomic mass is 15.1. The van der Waals surface area contributed by atoms with E-state index in [1.165, 1.54) is 101 Å². The molecule has 2 aromatic carbocycles. The molecular weight excluding hydrogens is 404 g/mol. The molecule has 0 fully saturated rings. The topological polar surface area (TPSA) is 38.1 Å². The van der Waals surface area contributed by atoms with E-state index in [0.717, 1.165) is 25.9 Å². The number of nitrogens with one attached hydrogen (secondary N) is 2. The van der Waals surface area contributed by atoms with Crippen LogP contribution in [0.15, 0.2) is 36.4 Å². The van der Waals surface area contributed by atoms with Gasteiger partial charge in [0.1, 0.15) is 0 Å². The van der Waals surface area contributed by atoms with Crippen LogP contribution in [0.5, 0.6) is 0 Å². The molecule has 2 aromatic heterocycles. The van der Waals surface area contributed by atoms with Crippen molar-refractivity contribution >= 4 is 21.8 Å². The van der Waals surface area contributed by atoms with Gasteiger partial charge in [-0.3, -0.25) is 9.80 Å². The molecule has 0 spiro atoms. The number of fused-ring (bicyclic) bond motifs is 6. The molecule has 0 saturated heterocycles. The number of unbranched alkanes of at least 4 members (excludes halogenated alkanes) is 2. The molecule has 2 aliphatic heterocycles. The molecule has 4 heterocycles. The monoisotopic (exact) mass is 440 g/mol. The lowest BCUT2D eigenvalue weighted by Gasteiger charge is -2.28. The fourth-order valence-corrected chi connectivity index (χ4v) is 6.00. The first-order chi connectivity index (χ1) is 16.1. The van der Waals surface area contributed by atoms with E-state index >= 15 is 0 Å². The molecule has 2 N–H and O–H groups in total. The third kappa shape index (κ3) is 4.11. The Morgan fingerprint density at radius 3 is 1.64 bits per heavy atom. The Balaban J connectivity index is 0.994. The second-order valence-corrected chi connectivity index (χ2v) is 10.4. The van der Waals surface area contributed by atoms with Gasteiger partial charge in [0.2, 0.25) is 0 Å². The van der Waals surface area contributed by atoms with E-state index < -0.39 is 0 Å². The highest BCUT2D eigenvalue weighted by Crippen LogP contribution is 2.30. The summed E-state index contributed by atoms with van der Waals surface area (Å²) < 4.78 is 0. The number of rotatable bonds is 6. The van der Waals surface area contributed by atoms with Crippen LogP contribution in [0.2, 0.25) is 0 Å². The zero-order chi connectivity index (χ0) is 22.4. The number of benzene rings is 2. The lowest BCUT2D eigenvalue weighted by Crippen LogP contribution is -2.32. The molecule has 0 atom stereocenters. The molecule has 4 aromatic rings. The second kappa shape index (κ2) is 8.66. The van der Waals surface area contributed by atoms with E-state index in [-0.39, 0.29) is 0 Å². The Kier molecular flexibility index (Phi) is 5.51. The lowest BCUT2D eigenvalue weighted by atomic mass is 10.0. The third-order valence-electron chi connectivity index (χ3n) is 7.87. The summed E-state index contributed by atoms with van der Waals surface area (Å²) in [6, 6.07) is 13.6. The molecule has 0 bridgehead atoms. The maximum atomic E-state index is 3.66. The van der Waals surface area contributed by atoms with Crippen LogP contribution in [0.3, 0.4) is 0 Å². The van der Waals surface area contributed by atoms with Crippen molar-refractivity contribution in [3.05, 3.63) is 70.0 Å². The van der Waals surface area contributed by atoms with Gasteiger partial charge in [0.25, 0.3) is 0 Å². The van der Waals surface area contributed by atoms with Crippen LogP contribution in [0.25, 0.3) is 21.8 Å². The molecule has 4 heteroatoms. The van der Waals surface area contributed by atoms with E-state index in [9.17, 15) is 0 Å². The lowest BCUT2D eigenvalue weighted by molar-refractivity contribution is 0.232. The molecule has 172 valence electrons. The van der Waals surface area contributed by atoms with Crippen molar-refractivity contribution in [1.29, 1.82) is 0 Å². The molecule has 0 radical (unpaired) electrons. The molecule has 0 aliphatic carbocycles. The van der Waals surface area contributed by atoms with Crippen molar-refractivity contribution < 1.29 is 0 Å². The zero-order valence-corrected chi connectivity index (χ0v) is 20.1. The van der Waals surface area contributed by atoms with Gasteiger partial charge in [-0.15, -0.1) is 0 Å². The van der Waals surface area contributed by atoms with Gasteiger partial charge in [0.05, 0.1) is 0 Å². The van der Waals surface area contributed by atoms with Crippen LogP contribution >= 0.6 is 0 Å². The third-order valence-corrected chi connectivity index (χ3v) is 7.87. The van der Waals surface area contributed by atoms with Crippen LogP contribution in [0.1, 0.15) is 52.9 Å². The van der Waals surface area contributed by atoms with Crippen LogP contribution in [0, 0.1) is 13.8 Å². The Labute approximate surface area is 197 Å². The number of aryl methyl sites for hydroxylation is 2. The summed E-state index contributed by atoms with van der Waals surface area (Å²) in [5.74, 6) is 0. The molecule has 0 unspecified atom stereocenters. The number of hydrogen-bond acceptors (Lipinski definition) is 2. The van der Waals surface area contributed by atoms with Gasteiger partial charge in [-0.1, -0.05) is 29.7 Å². The first-order valence-electron chi connectivity index (χ1n) is 12.8. The van der Waals surface area contributed by atoms with Crippen molar-refractivity contribution in [2.24, 2.45) is 0 Å². The number of aromatic nitrogens is 2. The largest absolute Gasteiger partial charge is 0.358 e. The maximum Gasteiger partial charge on any atom is 0.0459 e. The zero-order valence-electron chi connectivity index (χ0n) is 20.1. The fraction of sp³-hybridized carbons (Fsp3) is 0.448. The SMILES string of the molecule is Cc1ccc2[nH]c3c(c2c1)CN(CCCCCN1CCc2[nH]c4ccc(C)cc4c2C1)CC3. The van der Waals surface area contributed by atoms with Gasteiger partial charge in [-0.05, 0) is 75.2 Å². The molecule has 6 rings (SSSR count). The van der Waals surface area contributed by atoms with Gasteiger partial charge in [0.15, 0.2) is 0 Å². The van der Waals surface area contributed by atoms with E-state index in [4.69, 9.17) is 0 Å². The predicted octanol–water partition coefficient (Wildman–Crippen LogP) is 5.85. The Bertz CT molecular complexity index is 1190. The quantitative estimate of drug-likeness (QED) is 0.369. The van der Waals surface area contributed by atoms with Crippen LogP contribution in [-0.2, 0) is 25.9 Å². The Morgan fingerprint density at radius 2 is 1.15 bits per heavy atom. The fourth-order valence-electron chi connectivity index (χ4n) is 6.00. The number of aromatic amines is 2. The summed E-state index contributed by atoms with van der Waals surface area (Å²) in [7, 11) is 0. The van der Waals surface area contributed by atoms with E-state index in [0.29, 0.717) is 0 Å². The number of nitrogens with zero attached hydrogens (tertiary/aromatic N) is 2. The van der Waals surface area contributed by atoms with E-state index in [1.54, 1.807) is 0 Å². The van der Waals surface area contributed by atoms with Crippen LogP contribution in [-0.4, -0.2) is 45.9 Å². The summed E-state index contributed by atoms with van der Waals surface area (Å²) in [4.78, 5) is 12.7. The van der Waals surface area contributed by atoms with Crippen molar-refractivity contribution in [2.45, 2.75) is 59.0 Å². The molecule has 33 heavy (non-hydrogen) atoms. The van der Waals surface area contributed by atoms with Gasteiger partial charge >= 0.3 is 0 Å². The van der Waals surface area contributed by atoms with Crippen molar-refractivity contribution in [3.8, 4) is 0 Å². The standard InChI is InChI=1S/C29H36N4/c1-20-6-8-26-22(16-20)24-18-32(14-10-28(24)30-26)12-4-3-5-13-33-15-11-29-25(19-33)23-17-21(2)7-9-27(23)31-29/h6-9,16-17,30-31H,3-5,10-15,18-19H2,1-2H3. The summed E-state index contributed by atoms with van der Waals surface area (Å²) in [6.07, 6.45) is 6.25. The molecule has 4 nitrogen and oxygen atoms in total. The van der Waals surface area contributed by atoms with Crippen molar-refractivity contribution in [2.75, 3.05) is 26.2 Å². The van der Waals surface area contributed by atoms with Crippen LogP contribution in [0.4, 0.5) is 0 Å². The highest BCUT2D eigenvalue weighted by molar-refractivity contribution is 5.86. The van der Waals surface area contributed by atoms with E-state index in [2.05, 4.69) is 70.0 Å². The van der Waals surface area contributed by atoms with Gasteiger partial charge in [-0.25, -0.2) is 0 Å². The van der Waals surface area contributed by atoms with E-state index in [1.807, 2.05) is 0 Å². The minimum Gasteiger partial charge on any atom is -0.358 e. The molecule has 0 amide bonds. The smallest absolute Gasteiger partial charge is 0.0459 e.